The van der Waals surface area contributed by atoms with E-state index in [1.807, 2.05) is 12.4 Å². The fraction of sp³-hybridized carbons (Fsp3) is 0.292. The second kappa shape index (κ2) is 8.94. The molecule has 4 heterocycles. The van der Waals surface area contributed by atoms with Crippen LogP contribution in [0.4, 0.5) is 19.0 Å². The molecule has 1 saturated heterocycles. The Balaban J connectivity index is 1.24. The van der Waals surface area contributed by atoms with E-state index in [-0.39, 0.29) is 6.04 Å². The summed E-state index contributed by atoms with van der Waals surface area (Å²) >= 11 is 0. The van der Waals surface area contributed by atoms with Crippen LogP contribution in [0.15, 0.2) is 61.2 Å². The number of H-pyrrole nitrogens is 2. The number of aromatic amines is 2. The first kappa shape index (κ1) is 22.1. The Bertz CT molecular complexity index is 1210. The normalized spacial score (nSPS) is 17.3. The summed E-state index contributed by atoms with van der Waals surface area (Å²) in [5, 5.41) is 14.2. The molecule has 1 atom stereocenters. The van der Waals surface area contributed by atoms with Crippen molar-refractivity contribution in [2.24, 2.45) is 0 Å². The maximum absolute atomic E-state index is 12.8. The number of hydrogen-bond acceptors (Lipinski definition) is 5. The van der Waals surface area contributed by atoms with Crippen LogP contribution in [-0.4, -0.2) is 56.0 Å². The zero-order valence-electron chi connectivity index (χ0n) is 18.5. The standard InChI is InChI=1S/C24H24F3N7/c1-16-14-33(8-9-34(16)22-7-6-21(13-28-22)24(25,26)27)15-20-12-31-32-23(20)18-4-2-17(3-5-18)19-10-29-30-11-19/h2-7,10-13,16H,8-9,14-15H2,1H3,(H,29,30)(H,31,32)/t16-/m1/s1. The molecule has 0 radical (unpaired) electrons. The minimum absolute atomic E-state index is 0.114. The first-order chi connectivity index (χ1) is 16.4. The minimum atomic E-state index is -4.38. The minimum Gasteiger partial charge on any atom is -0.351 e. The molecule has 1 aliphatic rings. The summed E-state index contributed by atoms with van der Waals surface area (Å²) in [6, 6.07) is 10.9. The maximum atomic E-state index is 12.8. The quantitative estimate of drug-likeness (QED) is 0.449. The molecule has 10 heteroatoms. The molecule has 4 aromatic rings. The van der Waals surface area contributed by atoms with E-state index in [1.54, 1.807) is 6.20 Å². The van der Waals surface area contributed by atoms with E-state index in [1.165, 1.54) is 6.07 Å². The highest BCUT2D eigenvalue weighted by Crippen LogP contribution is 2.30. The molecule has 176 valence electrons. The highest BCUT2D eigenvalue weighted by Gasteiger charge is 2.31. The van der Waals surface area contributed by atoms with Gasteiger partial charge in [0.25, 0.3) is 0 Å². The largest absolute Gasteiger partial charge is 0.417 e. The Hall–Kier alpha value is -3.66. The molecule has 0 bridgehead atoms. The molecule has 0 spiro atoms. The summed E-state index contributed by atoms with van der Waals surface area (Å²) in [4.78, 5) is 8.46. The van der Waals surface area contributed by atoms with Crippen LogP contribution in [0.3, 0.4) is 0 Å². The van der Waals surface area contributed by atoms with Crippen molar-refractivity contribution < 1.29 is 13.2 Å². The summed E-state index contributed by atoms with van der Waals surface area (Å²) < 4.78 is 38.5. The fourth-order valence-corrected chi connectivity index (χ4v) is 4.40. The number of piperazine rings is 1. The Morgan fingerprint density at radius 1 is 0.941 bits per heavy atom. The fourth-order valence-electron chi connectivity index (χ4n) is 4.40. The Labute approximate surface area is 194 Å². The number of anilines is 1. The van der Waals surface area contributed by atoms with Crippen molar-refractivity contribution in [3.63, 3.8) is 0 Å². The average molecular weight is 467 g/mol. The predicted octanol–water partition coefficient (Wildman–Crippen LogP) is 4.59. The lowest BCUT2D eigenvalue weighted by molar-refractivity contribution is -0.137. The third-order valence-electron chi connectivity index (χ3n) is 6.20. The Morgan fingerprint density at radius 3 is 2.38 bits per heavy atom. The van der Waals surface area contributed by atoms with Gasteiger partial charge in [-0.3, -0.25) is 15.1 Å². The van der Waals surface area contributed by atoms with Crippen LogP contribution in [0.2, 0.25) is 0 Å². The van der Waals surface area contributed by atoms with Crippen LogP contribution in [-0.2, 0) is 12.7 Å². The number of hydrogen-bond donors (Lipinski definition) is 2. The number of aromatic nitrogens is 5. The molecule has 0 amide bonds. The summed E-state index contributed by atoms with van der Waals surface area (Å²) in [5.74, 6) is 0.571. The molecule has 1 aromatic carbocycles. The summed E-state index contributed by atoms with van der Waals surface area (Å²) in [5.41, 5.74) is 4.53. The lowest BCUT2D eigenvalue weighted by Crippen LogP contribution is -2.51. The van der Waals surface area contributed by atoms with Gasteiger partial charge in [0.2, 0.25) is 0 Å². The van der Waals surface area contributed by atoms with E-state index < -0.39 is 11.7 Å². The molecule has 34 heavy (non-hydrogen) atoms. The number of benzene rings is 1. The van der Waals surface area contributed by atoms with Crippen molar-refractivity contribution in [2.75, 3.05) is 24.5 Å². The van der Waals surface area contributed by atoms with Crippen molar-refractivity contribution in [1.82, 2.24) is 30.3 Å². The maximum Gasteiger partial charge on any atom is 0.417 e. The van der Waals surface area contributed by atoms with Crippen molar-refractivity contribution in [3.05, 3.63) is 72.3 Å². The van der Waals surface area contributed by atoms with Crippen molar-refractivity contribution >= 4 is 5.82 Å². The third kappa shape index (κ3) is 4.54. The molecule has 3 aromatic heterocycles. The number of nitrogens with one attached hydrogen (secondary N) is 2. The topological polar surface area (TPSA) is 76.7 Å². The average Bonchev–Trinajstić information content (AvgIpc) is 3.51. The SMILES string of the molecule is C[C@@H]1CN(Cc2cn[nH]c2-c2ccc(-c3cn[nH]c3)cc2)CCN1c1ccc(C(F)(F)F)cn1. The summed E-state index contributed by atoms with van der Waals surface area (Å²) in [6.45, 7) is 5.03. The summed E-state index contributed by atoms with van der Waals surface area (Å²) in [7, 11) is 0. The highest BCUT2D eigenvalue weighted by molar-refractivity contribution is 5.69. The molecular weight excluding hydrogens is 443 g/mol. The van der Waals surface area contributed by atoms with Crippen molar-refractivity contribution in [3.8, 4) is 22.4 Å². The van der Waals surface area contributed by atoms with Crippen molar-refractivity contribution in [1.29, 1.82) is 0 Å². The van der Waals surface area contributed by atoms with Crippen LogP contribution in [0, 0.1) is 0 Å². The number of pyridine rings is 1. The lowest BCUT2D eigenvalue weighted by atomic mass is 10.0. The number of halogens is 3. The second-order valence-electron chi connectivity index (χ2n) is 8.51. The number of rotatable bonds is 5. The van der Waals surface area contributed by atoms with Gasteiger partial charge < -0.3 is 4.90 Å². The van der Waals surface area contributed by atoms with Crippen LogP contribution in [0.5, 0.6) is 0 Å². The summed E-state index contributed by atoms with van der Waals surface area (Å²) in [6.07, 6.45) is 2.03. The van der Waals surface area contributed by atoms with Crippen molar-refractivity contribution in [2.45, 2.75) is 25.7 Å². The monoisotopic (exact) mass is 467 g/mol. The van der Waals surface area contributed by atoms with Gasteiger partial charge in [-0.05, 0) is 30.2 Å². The van der Waals surface area contributed by atoms with Gasteiger partial charge in [-0.2, -0.15) is 23.4 Å². The lowest BCUT2D eigenvalue weighted by Gasteiger charge is -2.40. The van der Waals surface area contributed by atoms with Gasteiger partial charge in [0.15, 0.2) is 0 Å². The van der Waals surface area contributed by atoms with Gasteiger partial charge in [-0.25, -0.2) is 4.98 Å². The molecule has 1 aliphatic heterocycles. The molecule has 7 nitrogen and oxygen atoms in total. The number of alkyl halides is 3. The Morgan fingerprint density at radius 2 is 1.74 bits per heavy atom. The van der Waals surface area contributed by atoms with E-state index in [9.17, 15) is 13.2 Å². The van der Waals surface area contributed by atoms with Gasteiger partial charge in [0.1, 0.15) is 5.82 Å². The molecule has 0 saturated carbocycles. The molecule has 1 fully saturated rings. The molecule has 5 rings (SSSR count). The van der Waals surface area contributed by atoms with E-state index in [0.29, 0.717) is 12.4 Å². The second-order valence-corrected chi connectivity index (χ2v) is 8.51. The van der Waals surface area contributed by atoms with E-state index in [2.05, 4.69) is 66.4 Å². The van der Waals surface area contributed by atoms with Gasteiger partial charge in [-0.15, -0.1) is 0 Å². The molecular formula is C24H24F3N7. The highest BCUT2D eigenvalue weighted by atomic mass is 19.4. The third-order valence-corrected chi connectivity index (χ3v) is 6.20. The van der Waals surface area contributed by atoms with Gasteiger partial charge in [0, 0.05) is 55.7 Å². The van der Waals surface area contributed by atoms with Gasteiger partial charge in [0.05, 0.1) is 23.7 Å². The smallest absolute Gasteiger partial charge is 0.351 e. The molecule has 0 aliphatic carbocycles. The van der Waals surface area contributed by atoms with E-state index in [4.69, 9.17) is 0 Å². The zero-order chi connectivity index (χ0) is 23.7. The van der Waals surface area contributed by atoms with Crippen LogP contribution >= 0.6 is 0 Å². The zero-order valence-corrected chi connectivity index (χ0v) is 18.5. The van der Waals surface area contributed by atoms with Gasteiger partial charge >= 0.3 is 6.18 Å². The van der Waals surface area contributed by atoms with Crippen LogP contribution in [0.1, 0.15) is 18.1 Å². The first-order valence-corrected chi connectivity index (χ1v) is 11.0. The van der Waals surface area contributed by atoms with E-state index in [0.717, 1.165) is 59.8 Å². The first-order valence-electron chi connectivity index (χ1n) is 11.0. The molecule has 2 N–H and O–H groups in total. The Kier molecular flexibility index (Phi) is 5.82. The van der Waals surface area contributed by atoms with E-state index >= 15 is 0 Å². The molecule has 0 unspecified atom stereocenters. The van der Waals surface area contributed by atoms with Crippen LogP contribution < -0.4 is 4.90 Å². The number of nitrogens with zero attached hydrogens (tertiary/aromatic N) is 5. The van der Waals surface area contributed by atoms with Gasteiger partial charge in [-0.1, -0.05) is 24.3 Å². The predicted molar refractivity (Wildman–Crippen MR) is 123 cm³/mol. The van der Waals surface area contributed by atoms with Crippen LogP contribution in [0.25, 0.3) is 22.4 Å².